The lowest BCUT2D eigenvalue weighted by Gasteiger charge is -2.37. The lowest BCUT2D eigenvalue weighted by molar-refractivity contribution is 0.0757. The fourth-order valence-corrected chi connectivity index (χ4v) is 5.87. The van der Waals surface area contributed by atoms with Crippen molar-refractivity contribution in [2.75, 3.05) is 6.61 Å². The van der Waals surface area contributed by atoms with Crippen molar-refractivity contribution in [3.8, 4) is 0 Å². The number of hydrogen-bond donors (Lipinski definition) is 0. The topological polar surface area (TPSA) is 18.5 Å². The van der Waals surface area contributed by atoms with Crippen LogP contribution in [0.5, 0.6) is 0 Å². The molecule has 3 atom stereocenters. The van der Waals surface area contributed by atoms with E-state index in [0.717, 1.165) is 25.0 Å². The van der Waals surface area contributed by atoms with Gasteiger partial charge in [0.15, 0.2) is 16.6 Å². The van der Waals surface area contributed by atoms with Crippen LogP contribution in [0, 0.1) is 17.7 Å². The second-order valence-electron chi connectivity index (χ2n) is 10.3. The van der Waals surface area contributed by atoms with Gasteiger partial charge in [-0.25, -0.2) is 4.39 Å². The largest absolute Gasteiger partial charge is 0.417 e. The second-order valence-corrected chi connectivity index (χ2v) is 19.3. The summed E-state index contributed by atoms with van der Waals surface area (Å²) in [6.07, 6.45) is 1.93. The van der Waals surface area contributed by atoms with Gasteiger partial charge in [-0.3, -0.25) is 0 Å². The predicted molar refractivity (Wildman–Crippen MR) is 130 cm³/mol. The van der Waals surface area contributed by atoms with Crippen molar-refractivity contribution in [2.45, 2.75) is 65.2 Å². The summed E-state index contributed by atoms with van der Waals surface area (Å²) < 4.78 is 26.5. The third kappa shape index (κ3) is 9.25. The molecule has 2 nitrogen and oxygen atoms in total. The number of hydrogen-bond acceptors (Lipinski definition) is 2. The highest BCUT2D eigenvalue weighted by Crippen LogP contribution is 2.30. The number of rotatable bonds is 11. The van der Waals surface area contributed by atoms with Gasteiger partial charge in [0, 0.05) is 12.7 Å². The maximum absolute atomic E-state index is 13.5. The number of halogens is 1. The van der Waals surface area contributed by atoms with E-state index in [9.17, 15) is 4.39 Å². The standard InChI is InChI=1S/C25H39FO2Si2/c1-20(28-30(5,6)7)25(18-22-13-15-24(26)16-14-22)23(19-27-29(2,3)4)17-21-11-9-8-10-12-21/h8-16,20,23,25H,17-19H2,1-7H3/t20?,23-,25-/m1/s1. The first-order valence-electron chi connectivity index (χ1n) is 11.0. The molecule has 2 aromatic rings. The van der Waals surface area contributed by atoms with Crippen molar-refractivity contribution in [2.24, 2.45) is 11.8 Å². The minimum absolute atomic E-state index is 0.112. The van der Waals surface area contributed by atoms with Crippen molar-refractivity contribution in [3.05, 3.63) is 71.5 Å². The molecule has 0 saturated heterocycles. The van der Waals surface area contributed by atoms with Crippen LogP contribution in [0.4, 0.5) is 4.39 Å². The van der Waals surface area contributed by atoms with Crippen molar-refractivity contribution in [1.29, 1.82) is 0 Å². The quantitative estimate of drug-likeness (QED) is 0.348. The molecule has 0 saturated carbocycles. The minimum Gasteiger partial charge on any atom is -0.417 e. The molecule has 30 heavy (non-hydrogen) atoms. The molecule has 5 heteroatoms. The van der Waals surface area contributed by atoms with Gasteiger partial charge < -0.3 is 8.85 Å². The zero-order valence-corrected chi connectivity index (χ0v) is 21.7. The Morgan fingerprint density at radius 1 is 0.767 bits per heavy atom. The molecule has 0 bridgehead atoms. The van der Waals surface area contributed by atoms with Gasteiger partial charge in [-0.1, -0.05) is 42.5 Å². The SMILES string of the molecule is CC(O[Si](C)(C)C)[C@@H](Cc1ccc(F)cc1)[C@@H](CO[Si](C)(C)C)Cc1ccccc1. The summed E-state index contributed by atoms with van der Waals surface area (Å²) in [5, 5.41) is 0. The Labute approximate surface area is 185 Å². The lowest BCUT2D eigenvalue weighted by atomic mass is 9.80. The molecule has 0 fully saturated rings. The minimum atomic E-state index is -1.70. The summed E-state index contributed by atoms with van der Waals surface area (Å²) in [6.45, 7) is 16.4. The summed E-state index contributed by atoms with van der Waals surface area (Å²) in [6, 6.07) is 17.6. The highest BCUT2D eigenvalue weighted by molar-refractivity contribution is 6.70. The van der Waals surface area contributed by atoms with E-state index < -0.39 is 16.6 Å². The fourth-order valence-electron chi connectivity index (χ4n) is 3.86. The highest BCUT2D eigenvalue weighted by atomic mass is 28.4. The van der Waals surface area contributed by atoms with E-state index in [1.807, 2.05) is 12.1 Å². The molecule has 0 aliphatic heterocycles. The van der Waals surface area contributed by atoms with Crippen LogP contribution in [-0.2, 0) is 21.7 Å². The van der Waals surface area contributed by atoms with E-state index in [0.29, 0.717) is 11.8 Å². The smallest absolute Gasteiger partial charge is 0.184 e. The van der Waals surface area contributed by atoms with E-state index in [4.69, 9.17) is 8.85 Å². The van der Waals surface area contributed by atoms with Crippen molar-refractivity contribution in [1.82, 2.24) is 0 Å². The van der Waals surface area contributed by atoms with Gasteiger partial charge in [0.05, 0.1) is 0 Å². The van der Waals surface area contributed by atoms with Gasteiger partial charge in [-0.05, 0) is 94.1 Å². The maximum Gasteiger partial charge on any atom is 0.184 e. The molecule has 0 N–H and O–H groups in total. The molecule has 1 unspecified atom stereocenters. The molecule has 2 aromatic carbocycles. The zero-order chi connectivity index (χ0) is 22.4. The van der Waals surface area contributed by atoms with Crippen molar-refractivity contribution in [3.63, 3.8) is 0 Å². The summed E-state index contributed by atoms with van der Waals surface area (Å²) >= 11 is 0. The van der Waals surface area contributed by atoms with Crippen LogP contribution in [0.3, 0.4) is 0 Å². The first-order valence-corrected chi connectivity index (χ1v) is 17.8. The highest BCUT2D eigenvalue weighted by Gasteiger charge is 2.32. The molecule has 0 amide bonds. The fraction of sp³-hybridized carbons (Fsp3) is 0.520. The van der Waals surface area contributed by atoms with Crippen LogP contribution >= 0.6 is 0 Å². The molecule has 0 aromatic heterocycles. The summed E-state index contributed by atoms with van der Waals surface area (Å²) in [7, 11) is -3.34. The van der Waals surface area contributed by atoms with Gasteiger partial charge >= 0.3 is 0 Å². The van der Waals surface area contributed by atoms with Crippen LogP contribution in [0.25, 0.3) is 0 Å². The Morgan fingerprint density at radius 2 is 1.33 bits per heavy atom. The Morgan fingerprint density at radius 3 is 1.87 bits per heavy atom. The van der Waals surface area contributed by atoms with Gasteiger partial charge in [0.25, 0.3) is 0 Å². The Balaban J connectivity index is 2.33. The maximum atomic E-state index is 13.5. The summed E-state index contributed by atoms with van der Waals surface area (Å²) in [4.78, 5) is 0. The Hall–Kier alpha value is -1.28. The molecular formula is C25H39FO2Si2. The lowest BCUT2D eigenvalue weighted by Crippen LogP contribution is -2.41. The van der Waals surface area contributed by atoms with E-state index in [1.54, 1.807) is 12.1 Å². The Kier molecular flexibility index (Phi) is 9.03. The van der Waals surface area contributed by atoms with Crippen molar-refractivity contribution < 1.29 is 13.2 Å². The predicted octanol–water partition coefficient (Wildman–Crippen LogP) is 6.93. The van der Waals surface area contributed by atoms with E-state index in [1.165, 1.54) is 5.56 Å². The van der Waals surface area contributed by atoms with Crippen LogP contribution in [0.1, 0.15) is 18.1 Å². The molecule has 0 aliphatic rings. The molecule has 0 radical (unpaired) electrons. The summed E-state index contributed by atoms with van der Waals surface area (Å²) in [5.41, 5.74) is 2.48. The van der Waals surface area contributed by atoms with Crippen LogP contribution < -0.4 is 0 Å². The second kappa shape index (κ2) is 10.8. The normalized spacial score (nSPS) is 15.6. The van der Waals surface area contributed by atoms with E-state index in [-0.39, 0.29) is 11.9 Å². The summed E-state index contributed by atoms with van der Waals surface area (Å²) in [5.74, 6) is 0.430. The Bertz CT molecular complexity index is 751. The molecular weight excluding hydrogens is 407 g/mol. The molecule has 0 aliphatic carbocycles. The van der Waals surface area contributed by atoms with E-state index in [2.05, 4.69) is 76.5 Å². The molecule has 0 spiro atoms. The van der Waals surface area contributed by atoms with Crippen LogP contribution in [0.2, 0.25) is 39.3 Å². The van der Waals surface area contributed by atoms with Crippen LogP contribution in [0.15, 0.2) is 54.6 Å². The number of benzene rings is 2. The van der Waals surface area contributed by atoms with Gasteiger partial charge in [0.2, 0.25) is 0 Å². The monoisotopic (exact) mass is 446 g/mol. The average molecular weight is 447 g/mol. The van der Waals surface area contributed by atoms with Crippen LogP contribution in [-0.4, -0.2) is 29.3 Å². The third-order valence-electron chi connectivity index (χ3n) is 5.20. The van der Waals surface area contributed by atoms with Gasteiger partial charge in [-0.15, -0.1) is 0 Å². The molecule has 2 rings (SSSR count). The van der Waals surface area contributed by atoms with Gasteiger partial charge in [-0.2, -0.15) is 0 Å². The van der Waals surface area contributed by atoms with Gasteiger partial charge in [0.1, 0.15) is 5.82 Å². The first kappa shape index (κ1) is 25.0. The zero-order valence-electron chi connectivity index (χ0n) is 19.7. The third-order valence-corrected chi connectivity index (χ3v) is 7.32. The van der Waals surface area contributed by atoms with E-state index >= 15 is 0 Å². The first-order chi connectivity index (χ1) is 13.9. The average Bonchev–Trinajstić information content (AvgIpc) is 2.63. The molecule has 166 valence electrons. The van der Waals surface area contributed by atoms with Crippen molar-refractivity contribution >= 4 is 16.6 Å². The molecule has 0 heterocycles.